The Kier molecular flexibility index (Phi) is 5.16. The largest absolute Gasteiger partial charge is 0.343 e. The van der Waals surface area contributed by atoms with Gasteiger partial charge in [0.15, 0.2) is 0 Å². The molecule has 0 bridgehead atoms. The van der Waals surface area contributed by atoms with Gasteiger partial charge in [0.05, 0.1) is 12.1 Å². The fraction of sp³-hybridized carbons (Fsp3) is 0.211. The molecule has 27 heavy (non-hydrogen) atoms. The summed E-state index contributed by atoms with van der Waals surface area (Å²) in [5.41, 5.74) is 1.96. The minimum Gasteiger partial charge on any atom is -0.343 e. The van der Waals surface area contributed by atoms with Gasteiger partial charge in [0.1, 0.15) is 11.6 Å². The summed E-state index contributed by atoms with van der Waals surface area (Å²) in [6.45, 7) is 1.73. The van der Waals surface area contributed by atoms with Gasteiger partial charge in [-0.1, -0.05) is 0 Å². The van der Waals surface area contributed by atoms with Gasteiger partial charge in [0.25, 0.3) is 5.91 Å². The molecular weight excluding hydrogens is 356 g/mol. The third-order valence-electron chi connectivity index (χ3n) is 4.22. The Labute approximate surface area is 154 Å². The molecule has 0 saturated carbocycles. The number of fused-ring (bicyclic) bond motifs is 1. The number of carbonyl (C=O) groups is 3. The summed E-state index contributed by atoms with van der Waals surface area (Å²) in [5, 5.41) is 4.92. The van der Waals surface area contributed by atoms with Crippen LogP contribution in [0.25, 0.3) is 0 Å². The monoisotopic (exact) mass is 373 g/mol. The Balaban J connectivity index is 1.58. The molecule has 0 fully saturated rings. The minimum absolute atomic E-state index is 0.0405. The van der Waals surface area contributed by atoms with Crippen LogP contribution < -0.4 is 15.5 Å². The zero-order valence-corrected chi connectivity index (χ0v) is 14.5. The summed E-state index contributed by atoms with van der Waals surface area (Å²) in [4.78, 5) is 37.1. The molecule has 3 rings (SSSR count). The molecule has 2 aromatic carbocycles. The third-order valence-corrected chi connectivity index (χ3v) is 4.22. The van der Waals surface area contributed by atoms with Crippen LogP contribution in [0.1, 0.15) is 22.8 Å². The van der Waals surface area contributed by atoms with E-state index in [9.17, 15) is 23.2 Å². The first-order valence-corrected chi connectivity index (χ1v) is 8.29. The maximum absolute atomic E-state index is 13.6. The number of hydrogen-bond acceptors (Lipinski definition) is 3. The number of amides is 3. The molecule has 1 aliphatic rings. The van der Waals surface area contributed by atoms with Crippen LogP contribution in [0.15, 0.2) is 36.4 Å². The highest BCUT2D eigenvalue weighted by molar-refractivity contribution is 6.00. The summed E-state index contributed by atoms with van der Waals surface area (Å²) in [6.07, 6.45) is 0.694. The zero-order chi connectivity index (χ0) is 19.6. The molecule has 0 aromatic heterocycles. The van der Waals surface area contributed by atoms with Crippen LogP contribution in [0.3, 0.4) is 0 Å². The number of carbonyl (C=O) groups excluding carboxylic acids is 3. The first-order chi connectivity index (χ1) is 12.8. The Morgan fingerprint density at radius 3 is 2.59 bits per heavy atom. The van der Waals surface area contributed by atoms with Crippen molar-refractivity contribution < 1.29 is 23.2 Å². The van der Waals surface area contributed by atoms with E-state index in [2.05, 4.69) is 10.6 Å². The van der Waals surface area contributed by atoms with E-state index < -0.39 is 23.4 Å². The fourth-order valence-electron chi connectivity index (χ4n) is 2.94. The highest BCUT2D eigenvalue weighted by atomic mass is 19.1. The number of anilines is 2. The molecule has 1 heterocycles. The lowest BCUT2D eigenvalue weighted by Crippen LogP contribution is -2.33. The summed E-state index contributed by atoms with van der Waals surface area (Å²) in [5.74, 6) is -3.13. The Bertz CT molecular complexity index is 930. The van der Waals surface area contributed by atoms with E-state index in [4.69, 9.17) is 0 Å². The van der Waals surface area contributed by atoms with Crippen molar-refractivity contribution in [3.63, 3.8) is 0 Å². The van der Waals surface area contributed by atoms with Crippen molar-refractivity contribution in [3.05, 3.63) is 59.2 Å². The maximum Gasteiger partial charge on any atom is 0.254 e. The lowest BCUT2D eigenvalue weighted by Gasteiger charge is -2.15. The smallest absolute Gasteiger partial charge is 0.254 e. The van der Waals surface area contributed by atoms with E-state index in [0.29, 0.717) is 24.7 Å². The van der Waals surface area contributed by atoms with Gasteiger partial charge in [0, 0.05) is 30.9 Å². The zero-order valence-electron chi connectivity index (χ0n) is 14.5. The van der Waals surface area contributed by atoms with Gasteiger partial charge < -0.3 is 15.5 Å². The molecule has 2 N–H and O–H groups in total. The number of rotatable bonds is 4. The predicted octanol–water partition coefficient (Wildman–Crippen LogP) is 2.24. The van der Waals surface area contributed by atoms with E-state index in [1.807, 2.05) is 0 Å². The van der Waals surface area contributed by atoms with Crippen molar-refractivity contribution in [1.82, 2.24) is 5.32 Å². The minimum atomic E-state index is -0.999. The molecule has 8 heteroatoms. The highest BCUT2D eigenvalue weighted by Gasteiger charge is 2.22. The molecule has 0 spiro atoms. The molecule has 3 amide bonds. The Morgan fingerprint density at radius 2 is 1.89 bits per heavy atom. The molecule has 0 radical (unpaired) electrons. The van der Waals surface area contributed by atoms with Crippen molar-refractivity contribution in [3.8, 4) is 0 Å². The van der Waals surface area contributed by atoms with Gasteiger partial charge >= 0.3 is 0 Å². The van der Waals surface area contributed by atoms with Crippen LogP contribution in [0.5, 0.6) is 0 Å². The summed E-state index contributed by atoms with van der Waals surface area (Å²) < 4.78 is 26.4. The van der Waals surface area contributed by atoms with Crippen LogP contribution in [-0.4, -0.2) is 30.8 Å². The molecule has 2 aromatic rings. The first kappa shape index (κ1) is 18.5. The Hall–Kier alpha value is -3.29. The summed E-state index contributed by atoms with van der Waals surface area (Å²) >= 11 is 0. The number of nitrogens with zero attached hydrogens (tertiary/aromatic N) is 1. The van der Waals surface area contributed by atoms with Gasteiger partial charge in [-0.05, 0) is 42.3 Å². The van der Waals surface area contributed by atoms with Gasteiger partial charge in [-0.3, -0.25) is 14.4 Å². The van der Waals surface area contributed by atoms with E-state index in [-0.39, 0.29) is 18.0 Å². The number of halogens is 2. The second-order valence-electron chi connectivity index (χ2n) is 6.12. The van der Waals surface area contributed by atoms with Crippen molar-refractivity contribution in [2.75, 3.05) is 23.3 Å². The van der Waals surface area contributed by atoms with Gasteiger partial charge in [-0.2, -0.15) is 0 Å². The normalized spacial score (nSPS) is 12.5. The van der Waals surface area contributed by atoms with Crippen LogP contribution >= 0.6 is 0 Å². The van der Waals surface area contributed by atoms with Crippen molar-refractivity contribution >= 4 is 29.1 Å². The van der Waals surface area contributed by atoms with Crippen LogP contribution in [0.2, 0.25) is 0 Å². The van der Waals surface area contributed by atoms with Crippen LogP contribution in [0, 0.1) is 11.6 Å². The molecule has 1 aliphatic heterocycles. The first-order valence-electron chi connectivity index (χ1n) is 8.29. The molecule has 0 unspecified atom stereocenters. The van der Waals surface area contributed by atoms with Crippen molar-refractivity contribution in [1.29, 1.82) is 0 Å². The van der Waals surface area contributed by atoms with Gasteiger partial charge in [-0.25, -0.2) is 8.78 Å². The standard InChI is InChI=1S/C19H17F2N3O3/c1-11(25)24-7-6-12-8-14(3-5-17(12)24)23-18(26)10-22-19(27)15-4-2-13(20)9-16(15)21/h2-5,8-9H,6-7,10H2,1H3,(H,22,27)(H,23,26). The maximum atomic E-state index is 13.6. The molecule has 6 nitrogen and oxygen atoms in total. The average molecular weight is 373 g/mol. The predicted molar refractivity (Wildman–Crippen MR) is 95.5 cm³/mol. The number of hydrogen-bond donors (Lipinski definition) is 2. The van der Waals surface area contributed by atoms with Crippen LogP contribution in [0.4, 0.5) is 20.2 Å². The van der Waals surface area contributed by atoms with Gasteiger partial charge in [0.2, 0.25) is 11.8 Å². The molecular formula is C19H17F2N3O3. The van der Waals surface area contributed by atoms with E-state index in [1.54, 1.807) is 23.1 Å². The molecule has 0 saturated heterocycles. The average Bonchev–Trinajstić information content (AvgIpc) is 3.03. The lowest BCUT2D eigenvalue weighted by molar-refractivity contribution is -0.116. The lowest BCUT2D eigenvalue weighted by atomic mass is 10.1. The van der Waals surface area contributed by atoms with Crippen molar-refractivity contribution in [2.45, 2.75) is 13.3 Å². The van der Waals surface area contributed by atoms with E-state index >= 15 is 0 Å². The van der Waals surface area contributed by atoms with E-state index in [0.717, 1.165) is 23.4 Å². The van der Waals surface area contributed by atoms with Gasteiger partial charge in [-0.15, -0.1) is 0 Å². The molecule has 0 aliphatic carbocycles. The van der Waals surface area contributed by atoms with Crippen molar-refractivity contribution in [2.24, 2.45) is 0 Å². The van der Waals surface area contributed by atoms with E-state index in [1.165, 1.54) is 6.92 Å². The second kappa shape index (κ2) is 7.53. The molecule has 140 valence electrons. The third kappa shape index (κ3) is 4.11. The number of nitrogens with one attached hydrogen (secondary N) is 2. The number of benzene rings is 2. The second-order valence-corrected chi connectivity index (χ2v) is 6.12. The molecule has 0 atom stereocenters. The summed E-state index contributed by atoms with van der Waals surface area (Å²) in [6, 6.07) is 7.78. The van der Waals surface area contributed by atoms with Crippen LogP contribution in [-0.2, 0) is 16.0 Å². The summed E-state index contributed by atoms with van der Waals surface area (Å²) in [7, 11) is 0. The Morgan fingerprint density at radius 1 is 1.11 bits per heavy atom. The quantitative estimate of drug-likeness (QED) is 0.863. The topological polar surface area (TPSA) is 78.5 Å². The SMILES string of the molecule is CC(=O)N1CCc2cc(NC(=O)CNC(=O)c3ccc(F)cc3F)ccc21. The highest BCUT2D eigenvalue weighted by Crippen LogP contribution is 2.30. The fourth-order valence-corrected chi connectivity index (χ4v) is 2.94.